The number of ether oxygens (including phenoxy) is 2. The van der Waals surface area contributed by atoms with Crippen molar-refractivity contribution in [1.82, 2.24) is 0 Å². The lowest BCUT2D eigenvalue weighted by atomic mass is 10.2. The number of nitrogens with two attached hydrogens (primary N) is 1. The van der Waals surface area contributed by atoms with E-state index in [2.05, 4.69) is 41.7 Å². The molecule has 0 atom stereocenters. The molecule has 25 heavy (non-hydrogen) atoms. The van der Waals surface area contributed by atoms with Crippen LogP contribution in [0.1, 0.15) is 16.7 Å². The molecule has 0 heterocycles. The molecule has 0 aliphatic carbocycles. The SMILES string of the molecule is COc1ccc(C[NH2+]Cc2ccc(OCc3ccccc3)cc2)cc1. The van der Waals surface area contributed by atoms with Crippen LogP contribution in [0.25, 0.3) is 0 Å². The minimum atomic E-state index is 0.601. The molecule has 0 fully saturated rings. The second-order valence-electron chi connectivity index (χ2n) is 5.96. The standard InChI is InChI=1S/C22H23NO2/c1-24-21-11-7-18(8-12-21)15-23-16-19-9-13-22(14-10-19)25-17-20-5-3-2-4-6-20/h2-14,23H,15-17H2,1H3/p+1. The van der Waals surface area contributed by atoms with E-state index in [1.807, 2.05) is 42.5 Å². The first kappa shape index (κ1) is 17.1. The van der Waals surface area contributed by atoms with Gasteiger partial charge in [0.1, 0.15) is 31.2 Å². The lowest BCUT2D eigenvalue weighted by Crippen LogP contribution is -2.80. The van der Waals surface area contributed by atoms with Crippen LogP contribution in [0.3, 0.4) is 0 Å². The third-order valence-corrected chi connectivity index (χ3v) is 4.09. The fraction of sp³-hybridized carbons (Fsp3) is 0.182. The third kappa shape index (κ3) is 5.37. The van der Waals surface area contributed by atoms with Gasteiger partial charge in [0.25, 0.3) is 0 Å². The number of rotatable bonds is 8. The minimum Gasteiger partial charge on any atom is -0.497 e. The minimum absolute atomic E-state index is 0.601. The monoisotopic (exact) mass is 334 g/mol. The Labute approximate surface area is 149 Å². The van der Waals surface area contributed by atoms with Crippen molar-refractivity contribution in [1.29, 1.82) is 0 Å². The molecule has 0 aliphatic rings. The van der Waals surface area contributed by atoms with Crippen LogP contribution in [0.4, 0.5) is 0 Å². The Bertz CT molecular complexity index is 752. The van der Waals surface area contributed by atoms with Gasteiger partial charge in [-0.3, -0.25) is 0 Å². The van der Waals surface area contributed by atoms with Gasteiger partial charge in [0, 0.05) is 11.1 Å². The Hall–Kier alpha value is -2.78. The molecule has 0 aliphatic heterocycles. The zero-order valence-corrected chi connectivity index (χ0v) is 14.5. The van der Waals surface area contributed by atoms with E-state index in [1.165, 1.54) is 16.7 Å². The Balaban J connectivity index is 1.44. The highest BCUT2D eigenvalue weighted by Crippen LogP contribution is 2.14. The Morgan fingerprint density at radius 1 is 0.640 bits per heavy atom. The van der Waals surface area contributed by atoms with Crippen molar-refractivity contribution in [3.05, 3.63) is 95.6 Å². The van der Waals surface area contributed by atoms with Crippen LogP contribution in [0.2, 0.25) is 0 Å². The highest BCUT2D eigenvalue weighted by molar-refractivity contribution is 5.28. The van der Waals surface area contributed by atoms with E-state index in [0.717, 1.165) is 24.6 Å². The van der Waals surface area contributed by atoms with Crippen molar-refractivity contribution in [2.24, 2.45) is 0 Å². The van der Waals surface area contributed by atoms with Gasteiger partial charge in [0.2, 0.25) is 0 Å². The molecule has 128 valence electrons. The van der Waals surface area contributed by atoms with Crippen LogP contribution < -0.4 is 14.8 Å². The zero-order chi connectivity index (χ0) is 17.3. The van der Waals surface area contributed by atoms with Gasteiger partial charge in [0.05, 0.1) is 7.11 Å². The van der Waals surface area contributed by atoms with Gasteiger partial charge < -0.3 is 14.8 Å². The number of quaternary nitrogens is 1. The zero-order valence-electron chi connectivity index (χ0n) is 14.5. The third-order valence-electron chi connectivity index (χ3n) is 4.09. The van der Waals surface area contributed by atoms with Crippen molar-refractivity contribution in [2.45, 2.75) is 19.7 Å². The van der Waals surface area contributed by atoms with Gasteiger partial charge in [-0.15, -0.1) is 0 Å². The van der Waals surface area contributed by atoms with Crippen LogP contribution in [0.15, 0.2) is 78.9 Å². The number of benzene rings is 3. The summed E-state index contributed by atoms with van der Waals surface area (Å²) < 4.78 is 11.0. The fourth-order valence-corrected chi connectivity index (χ4v) is 2.63. The van der Waals surface area contributed by atoms with Crippen LogP contribution >= 0.6 is 0 Å². The van der Waals surface area contributed by atoms with Gasteiger partial charge in [-0.05, 0) is 54.1 Å². The summed E-state index contributed by atoms with van der Waals surface area (Å²) in [5, 5.41) is 2.29. The Morgan fingerprint density at radius 3 is 1.76 bits per heavy atom. The molecule has 0 saturated heterocycles. The molecule has 0 saturated carbocycles. The summed E-state index contributed by atoms with van der Waals surface area (Å²) >= 11 is 0. The summed E-state index contributed by atoms with van der Waals surface area (Å²) in [6, 6.07) is 26.8. The first-order valence-corrected chi connectivity index (χ1v) is 8.54. The predicted molar refractivity (Wildman–Crippen MR) is 99.5 cm³/mol. The largest absolute Gasteiger partial charge is 0.497 e. The number of methoxy groups -OCH3 is 1. The van der Waals surface area contributed by atoms with E-state index >= 15 is 0 Å². The molecule has 3 aromatic carbocycles. The van der Waals surface area contributed by atoms with Crippen molar-refractivity contribution in [2.75, 3.05) is 7.11 Å². The molecule has 3 rings (SSSR count). The normalized spacial score (nSPS) is 10.4. The smallest absolute Gasteiger partial charge is 0.119 e. The summed E-state index contributed by atoms with van der Waals surface area (Å²) in [7, 11) is 1.69. The molecule has 3 aromatic rings. The average Bonchev–Trinajstić information content (AvgIpc) is 2.69. The average molecular weight is 334 g/mol. The maximum atomic E-state index is 5.82. The van der Waals surface area contributed by atoms with Crippen LogP contribution in [-0.4, -0.2) is 7.11 Å². The Morgan fingerprint density at radius 2 is 1.20 bits per heavy atom. The molecule has 0 unspecified atom stereocenters. The molecule has 0 aromatic heterocycles. The molecule has 0 radical (unpaired) electrons. The summed E-state index contributed by atoms with van der Waals surface area (Å²) in [6.07, 6.45) is 0. The van der Waals surface area contributed by atoms with Crippen molar-refractivity contribution >= 4 is 0 Å². The predicted octanol–water partition coefficient (Wildman–Crippen LogP) is 3.54. The molecular formula is C22H24NO2+. The number of hydrogen-bond acceptors (Lipinski definition) is 2. The molecule has 3 heteroatoms. The van der Waals surface area contributed by atoms with E-state index in [4.69, 9.17) is 9.47 Å². The van der Waals surface area contributed by atoms with E-state index in [9.17, 15) is 0 Å². The molecular weight excluding hydrogens is 310 g/mol. The first-order chi connectivity index (χ1) is 12.3. The first-order valence-electron chi connectivity index (χ1n) is 8.54. The van der Waals surface area contributed by atoms with Crippen molar-refractivity contribution in [3.63, 3.8) is 0 Å². The van der Waals surface area contributed by atoms with Gasteiger partial charge in [-0.25, -0.2) is 0 Å². The summed E-state index contributed by atoms with van der Waals surface area (Å²) in [5.41, 5.74) is 3.77. The van der Waals surface area contributed by atoms with Gasteiger partial charge in [-0.2, -0.15) is 0 Å². The van der Waals surface area contributed by atoms with Crippen molar-refractivity contribution in [3.8, 4) is 11.5 Å². The second kappa shape index (κ2) is 8.90. The Kier molecular flexibility index (Phi) is 6.07. The molecule has 3 nitrogen and oxygen atoms in total. The summed E-state index contributed by atoms with van der Waals surface area (Å²) in [5.74, 6) is 1.80. The van der Waals surface area contributed by atoms with E-state index < -0.39 is 0 Å². The highest BCUT2D eigenvalue weighted by Gasteiger charge is 2.00. The maximum absolute atomic E-state index is 5.82. The van der Waals surface area contributed by atoms with E-state index in [-0.39, 0.29) is 0 Å². The molecule has 0 bridgehead atoms. The summed E-state index contributed by atoms with van der Waals surface area (Å²) in [4.78, 5) is 0. The van der Waals surface area contributed by atoms with Crippen LogP contribution in [0, 0.1) is 0 Å². The molecule has 0 spiro atoms. The summed E-state index contributed by atoms with van der Waals surface area (Å²) in [6.45, 7) is 2.50. The van der Waals surface area contributed by atoms with Gasteiger partial charge >= 0.3 is 0 Å². The maximum Gasteiger partial charge on any atom is 0.119 e. The molecule has 0 amide bonds. The van der Waals surface area contributed by atoms with Crippen LogP contribution in [0.5, 0.6) is 11.5 Å². The van der Waals surface area contributed by atoms with Crippen LogP contribution in [-0.2, 0) is 19.7 Å². The lowest BCUT2D eigenvalue weighted by molar-refractivity contribution is -0.686. The fourth-order valence-electron chi connectivity index (χ4n) is 2.63. The lowest BCUT2D eigenvalue weighted by Gasteiger charge is -2.07. The van der Waals surface area contributed by atoms with E-state index in [0.29, 0.717) is 6.61 Å². The topological polar surface area (TPSA) is 35.1 Å². The van der Waals surface area contributed by atoms with E-state index in [1.54, 1.807) is 7.11 Å². The van der Waals surface area contributed by atoms with Crippen molar-refractivity contribution < 1.29 is 14.8 Å². The highest BCUT2D eigenvalue weighted by atomic mass is 16.5. The number of hydrogen-bond donors (Lipinski definition) is 1. The quantitative estimate of drug-likeness (QED) is 0.684. The molecule has 2 N–H and O–H groups in total. The second-order valence-corrected chi connectivity index (χ2v) is 5.96. The van der Waals surface area contributed by atoms with Gasteiger partial charge in [0.15, 0.2) is 0 Å². The van der Waals surface area contributed by atoms with Gasteiger partial charge in [-0.1, -0.05) is 30.3 Å².